The van der Waals surface area contributed by atoms with Crippen LogP contribution in [0.15, 0.2) is 24.3 Å². The minimum Gasteiger partial charge on any atom is -0.352 e. The van der Waals surface area contributed by atoms with Crippen LogP contribution < -0.4 is 5.32 Å². The lowest BCUT2D eigenvalue weighted by Gasteiger charge is -2.04. The summed E-state index contributed by atoms with van der Waals surface area (Å²) in [6, 6.07) is 7.90. The van der Waals surface area contributed by atoms with Crippen LogP contribution in [-0.2, 0) is 17.2 Å². The molecule has 1 rings (SSSR count). The minimum atomic E-state index is 0.0754. The predicted molar refractivity (Wildman–Crippen MR) is 58.1 cm³/mol. The highest BCUT2D eigenvalue weighted by molar-refractivity contribution is 6.17. The van der Waals surface area contributed by atoms with Crippen molar-refractivity contribution in [2.45, 2.75) is 25.8 Å². The highest BCUT2D eigenvalue weighted by Crippen LogP contribution is 2.06. The summed E-state index contributed by atoms with van der Waals surface area (Å²) in [5.74, 6) is 0.605. The van der Waals surface area contributed by atoms with Gasteiger partial charge >= 0.3 is 0 Å². The third-order valence-corrected chi connectivity index (χ3v) is 2.30. The summed E-state index contributed by atoms with van der Waals surface area (Å²) in [5, 5.41) is 2.81. The summed E-state index contributed by atoms with van der Waals surface area (Å²) in [6.07, 6.45) is 0.528. The van der Waals surface area contributed by atoms with Crippen molar-refractivity contribution in [1.29, 1.82) is 0 Å². The molecule has 0 aliphatic carbocycles. The molecule has 76 valence electrons. The van der Waals surface area contributed by atoms with E-state index in [0.717, 1.165) is 11.1 Å². The van der Waals surface area contributed by atoms with Crippen molar-refractivity contribution >= 4 is 17.5 Å². The molecule has 0 spiro atoms. The van der Waals surface area contributed by atoms with E-state index in [1.54, 1.807) is 0 Å². The molecule has 0 aliphatic rings. The lowest BCUT2D eigenvalue weighted by Crippen LogP contribution is -2.21. The largest absolute Gasteiger partial charge is 0.352 e. The average molecular weight is 212 g/mol. The molecule has 0 heterocycles. The van der Waals surface area contributed by atoms with Gasteiger partial charge in [0.1, 0.15) is 0 Å². The van der Waals surface area contributed by atoms with Crippen LogP contribution in [0.3, 0.4) is 0 Å². The second kappa shape index (κ2) is 5.66. The Balaban J connectivity index is 2.47. The number of amides is 1. The maximum absolute atomic E-state index is 11.0. The van der Waals surface area contributed by atoms with Crippen molar-refractivity contribution in [3.8, 4) is 0 Å². The molecule has 1 aromatic carbocycles. The number of halogens is 1. The Labute approximate surface area is 89.3 Å². The molecule has 0 radical (unpaired) electrons. The molecule has 0 fully saturated rings. The van der Waals surface area contributed by atoms with Crippen LogP contribution in [0.4, 0.5) is 0 Å². The van der Waals surface area contributed by atoms with Gasteiger partial charge in [-0.15, -0.1) is 11.6 Å². The van der Waals surface area contributed by atoms with E-state index in [-0.39, 0.29) is 5.91 Å². The molecule has 0 atom stereocenters. The van der Waals surface area contributed by atoms with Crippen molar-refractivity contribution < 1.29 is 4.79 Å². The van der Waals surface area contributed by atoms with Gasteiger partial charge in [-0.05, 0) is 11.1 Å². The molecule has 0 unspecified atom stereocenters. The molecule has 1 amide bonds. The van der Waals surface area contributed by atoms with E-state index in [9.17, 15) is 4.79 Å². The third-order valence-electron chi connectivity index (χ3n) is 1.99. The normalized spacial score (nSPS) is 9.86. The molecule has 0 aromatic heterocycles. The van der Waals surface area contributed by atoms with Gasteiger partial charge < -0.3 is 5.32 Å². The van der Waals surface area contributed by atoms with Crippen LogP contribution >= 0.6 is 11.6 Å². The van der Waals surface area contributed by atoms with Gasteiger partial charge in [0.05, 0.1) is 0 Å². The molecule has 0 bridgehead atoms. The van der Waals surface area contributed by atoms with E-state index in [0.29, 0.717) is 18.8 Å². The predicted octanol–water partition coefficient (Wildman–Crippen LogP) is 2.45. The van der Waals surface area contributed by atoms with Gasteiger partial charge in [-0.3, -0.25) is 4.79 Å². The number of alkyl halides is 1. The molecular formula is C11H14ClNO. The highest BCUT2D eigenvalue weighted by atomic mass is 35.5. The summed E-state index contributed by atoms with van der Waals surface area (Å²) in [5.41, 5.74) is 2.19. The monoisotopic (exact) mass is 211 g/mol. The average Bonchev–Trinajstić information content (AvgIpc) is 2.26. The highest BCUT2D eigenvalue weighted by Gasteiger charge is 1.97. The Hall–Kier alpha value is -1.02. The quantitative estimate of drug-likeness (QED) is 0.762. The fourth-order valence-electron chi connectivity index (χ4n) is 1.07. The molecular weight excluding hydrogens is 198 g/mol. The van der Waals surface area contributed by atoms with Crippen LogP contribution in [0.5, 0.6) is 0 Å². The van der Waals surface area contributed by atoms with E-state index < -0.39 is 0 Å². The SMILES string of the molecule is CCC(=O)NCc1ccc(CCl)cc1. The first-order valence-corrected chi connectivity index (χ1v) is 5.20. The topological polar surface area (TPSA) is 29.1 Å². The molecule has 14 heavy (non-hydrogen) atoms. The summed E-state index contributed by atoms with van der Waals surface area (Å²) < 4.78 is 0. The lowest BCUT2D eigenvalue weighted by atomic mass is 10.1. The van der Waals surface area contributed by atoms with Gasteiger partial charge in [-0.2, -0.15) is 0 Å². The summed E-state index contributed by atoms with van der Waals surface area (Å²) >= 11 is 5.66. The lowest BCUT2D eigenvalue weighted by molar-refractivity contribution is -0.120. The standard InChI is InChI=1S/C11H14ClNO/c1-2-11(14)13-8-10-5-3-9(7-12)4-6-10/h3-6H,2,7-8H2,1H3,(H,13,14). The number of hydrogen-bond acceptors (Lipinski definition) is 1. The summed E-state index contributed by atoms with van der Waals surface area (Å²) in [4.78, 5) is 11.0. The molecule has 0 saturated carbocycles. The van der Waals surface area contributed by atoms with Gasteiger partial charge in [0.2, 0.25) is 5.91 Å². The number of carbonyl (C=O) groups excluding carboxylic acids is 1. The van der Waals surface area contributed by atoms with Crippen molar-refractivity contribution in [2.75, 3.05) is 0 Å². The molecule has 0 saturated heterocycles. The minimum absolute atomic E-state index is 0.0754. The summed E-state index contributed by atoms with van der Waals surface area (Å²) in [6.45, 7) is 2.43. The van der Waals surface area contributed by atoms with E-state index in [4.69, 9.17) is 11.6 Å². The molecule has 3 heteroatoms. The number of rotatable bonds is 4. The first-order chi connectivity index (χ1) is 6.76. The maximum Gasteiger partial charge on any atom is 0.219 e. The van der Waals surface area contributed by atoms with Crippen LogP contribution in [0, 0.1) is 0 Å². The second-order valence-corrected chi connectivity index (χ2v) is 3.35. The van der Waals surface area contributed by atoms with Crippen LogP contribution in [0.2, 0.25) is 0 Å². The Kier molecular flexibility index (Phi) is 4.47. The van der Waals surface area contributed by atoms with Gasteiger partial charge in [-0.1, -0.05) is 31.2 Å². The third kappa shape index (κ3) is 3.38. The Morgan fingerprint density at radius 2 is 1.86 bits per heavy atom. The van der Waals surface area contributed by atoms with Crippen LogP contribution in [0.25, 0.3) is 0 Å². The molecule has 1 N–H and O–H groups in total. The fourth-order valence-corrected chi connectivity index (χ4v) is 1.25. The molecule has 1 aromatic rings. The van der Waals surface area contributed by atoms with E-state index >= 15 is 0 Å². The number of nitrogens with one attached hydrogen (secondary N) is 1. The van der Waals surface area contributed by atoms with Gasteiger partial charge in [0.25, 0.3) is 0 Å². The van der Waals surface area contributed by atoms with E-state index in [1.807, 2.05) is 31.2 Å². The molecule has 0 aliphatic heterocycles. The van der Waals surface area contributed by atoms with Gasteiger partial charge in [0, 0.05) is 18.8 Å². The number of hydrogen-bond donors (Lipinski definition) is 1. The first-order valence-electron chi connectivity index (χ1n) is 4.66. The zero-order valence-corrected chi connectivity index (χ0v) is 8.97. The number of benzene rings is 1. The maximum atomic E-state index is 11.0. The van der Waals surface area contributed by atoms with Crippen molar-refractivity contribution in [2.24, 2.45) is 0 Å². The Morgan fingerprint density at radius 1 is 1.29 bits per heavy atom. The Bertz CT molecular complexity index is 295. The van der Waals surface area contributed by atoms with Crippen LogP contribution in [0.1, 0.15) is 24.5 Å². The zero-order valence-electron chi connectivity index (χ0n) is 8.22. The first kappa shape index (κ1) is 11.1. The van der Waals surface area contributed by atoms with Crippen molar-refractivity contribution in [3.05, 3.63) is 35.4 Å². The van der Waals surface area contributed by atoms with E-state index in [1.165, 1.54) is 0 Å². The summed E-state index contributed by atoms with van der Waals surface area (Å²) in [7, 11) is 0. The molecule has 2 nitrogen and oxygen atoms in total. The fraction of sp³-hybridized carbons (Fsp3) is 0.364. The Morgan fingerprint density at radius 3 is 2.36 bits per heavy atom. The smallest absolute Gasteiger partial charge is 0.219 e. The van der Waals surface area contributed by atoms with Crippen molar-refractivity contribution in [1.82, 2.24) is 5.32 Å². The second-order valence-electron chi connectivity index (χ2n) is 3.08. The zero-order chi connectivity index (χ0) is 10.4. The van der Waals surface area contributed by atoms with E-state index in [2.05, 4.69) is 5.32 Å². The number of carbonyl (C=O) groups is 1. The van der Waals surface area contributed by atoms with Crippen LogP contribution in [-0.4, -0.2) is 5.91 Å². The van der Waals surface area contributed by atoms with Gasteiger partial charge in [0.15, 0.2) is 0 Å². The van der Waals surface area contributed by atoms with Crippen molar-refractivity contribution in [3.63, 3.8) is 0 Å². The van der Waals surface area contributed by atoms with Gasteiger partial charge in [-0.25, -0.2) is 0 Å².